The van der Waals surface area contributed by atoms with Crippen LogP contribution in [0.15, 0.2) is 4.99 Å². The van der Waals surface area contributed by atoms with Gasteiger partial charge in [-0.25, -0.2) is 20.2 Å². The van der Waals surface area contributed by atoms with Gasteiger partial charge in [0, 0.05) is 25.7 Å². The molecule has 11 N–H and O–H groups in total. The van der Waals surface area contributed by atoms with Crippen LogP contribution >= 0.6 is 0 Å². The number of carboxylic acid groups (broad SMARTS) is 3. The van der Waals surface area contributed by atoms with Crippen LogP contribution in [0.5, 0.6) is 0 Å². The number of unbranched alkanes of at least 4 members (excludes halogenated alkanes) is 6. The van der Waals surface area contributed by atoms with E-state index in [0.29, 0.717) is 13.1 Å². The Morgan fingerprint density at radius 1 is 0.640 bits per heavy atom. The molecule has 0 aromatic rings. The topological polar surface area (TPSA) is 259 Å². The first-order valence-electron chi connectivity index (χ1n) is 14.7. The Hall–Kier alpha value is -3.93. The average Bonchev–Trinajstić information content (AvgIpc) is 2.96. The van der Waals surface area contributed by atoms with Crippen molar-refractivity contribution in [3.8, 4) is 0 Å². The molecule has 296 valence electrons. The number of nitrogens with one attached hydrogen (secondary N) is 4. The van der Waals surface area contributed by atoms with Gasteiger partial charge in [0.2, 0.25) is 11.8 Å². The van der Waals surface area contributed by atoms with E-state index in [1.807, 2.05) is 6.92 Å². The molecule has 0 bridgehead atoms. The molecule has 1 atom stereocenters. The maximum Gasteiger partial charge on any atom is 0.490 e. The third-order valence-electron chi connectivity index (χ3n) is 5.13. The van der Waals surface area contributed by atoms with E-state index in [4.69, 9.17) is 41.3 Å². The molecule has 24 heteroatoms. The van der Waals surface area contributed by atoms with E-state index in [1.165, 1.54) is 12.8 Å². The first-order valence-corrected chi connectivity index (χ1v) is 14.7. The Balaban J connectivity index is -0.000000403. The highest BCUT2D eigenvalue weighted by Gasteiger charge is 2.39. The lowest BCUT2D eigenvalue weighted by molar-refractivity contribution is -0.193. The lowest BCUT2D eigenvalue weighted by Crippen LogP contribution is -2.33. The van der Waals surface area contributed by atoms with E-state index >= 15 is 0 Å². The van der Waals surface area contributed by atoms with Crippen molar-refractivity contribution in [3.05, 3.63) is 0 Å². The van der Waals surface area contributed by atoms with Gasteiger partial charge >= 0.3 is 36.4 Å². The summed E-state index contributed by atoms with van der Waals surface area (Å²) in [6.45, 7) is 5.87. The van der Waals surface area contributed by atoms with E-state index in [2.05, 4.69) is 26.4 Å². The standard InChI is InChI=1S/C20H43N7O2.3C2HF3O2/c1-18(21)10-15-23-11-8-9-14-26-20(29)16-19(28)25-13-7-5-3-2-4-6-12-24-17-27-22;3*3-2(4,5)1(6)7/h17-18,23H,2-16,21-22H2,1H3,(H,24,27)(H,25,28)(H,26,29);3*(H,6,7). The van der Waals surface area contributed by atoms with Crippen molar-refractivity contribution in [1.29, 1.82) is 0 Å². The minimum atomic E-state index is -5.08. The second-order valence-electron chi connectivity index (χ2n) is 9.83. The molecule has 1 unspecified atom stereocenters. The molecule has 2 amide bonds. The summed E-state index contributed by atoms with van der Waals surface area (Å²) in [6, 6.07) is 0.225. The van der Waals surface area contributed by atoms with Crippen LogP contribution in [0.25, 0.3) is 0 Å². The van der Waals surface area contributed by atoms with Crippen LogP contribution in [-0.2, 0) is 24.0 Å². The molecular formula is C26H46F9N7O8. The number of aliphatic imine (C=N–C) groups is 1. The molecule has 15 nitrogen and oxygen atoms in total. The van der Waals surface area contributed by atoms with Gasteiger partial charge < -0.3 is 42.4 Å². The highest BCUT2D eigenvalue weighted by Crippen LogP contribution is 2.14. The Labute approximate surface area is 281 Å². The number of hydrazine groups is 1. The smallest absolute Gasteiger partial charge is 0.475 e. The summed E-state index contributed by atoms with van der Waals surface area (Å²) in [5.41, 5.74) is 8.06. The maximum absolute atomic E-state index is 11.8. The number of carbonyl (C=O) groups excluding carboxylic acids is 2. The van der Waals surface area contributed by atoms with Crippen molar-refractivity contribution >= 4 is 36.1 Å². The Bertz CT molecular complexity index is 911. The molecule has 0 aliphatic rings. The monoisotopic (exact) mass is 755 g/mol. The molecular weight excluding hydrogens is 709 g/mol. The predicted octanol–water partition coefficient (Wildman–Crippen LogP) is 2.45. The van der Waals surface area contributed by atoms with Gasteiger partial charge in [-0.15, -0.1) is 0 Å². The highest BCUT2D eigenvalue weighted by atomic mass is 19.4. The summed E-state index contributed by atoms with van der Waals surface area (Å²) in [5.74, 6) is -3.60. The minimum Gasteiger partial charge on any atom is -0.475 e. The van der Waals surface area contributed by atoms with Crippen molar-refractivity contribution in [2.45, 2.75) is 95.7 Å². The number of hydrogen-bond acceptors (Lipinski definition) is 9. The second kappa shape index (κ2) is 31.1. The number of aliphatic carboxylic acids is 3. The first kappa shape index (κ1) is 52.9. The van der Waals surface area contributed by atoms with Gasteiger partial charge in [-0.05, 0) is 52.1 Å². The zero-order valence-corrected chi connectivity index (χ0v) is 27.1. The van der Waals surface area contributed by atoms with Crippen molar-refractivity contribution in [2.75, 3.05) is 32.7 Å². The number of hydrogen-bond donors (Lipinski definition) is 9. The summed E-state index contributed by atoms with van der Waals surface area (Å²) in [5, 5.41) is 30.3. The second-order valence-corrected chi connectivity index (χ2v) is 9.83. The van der Waals surface area contributed by atoms with Crippen molar-refractivity contribution in [1.82, 2.24) is 21.4 Å². The van der Waals surface area contributed by atoms with E-state index in [-0.39, 0.29) is 24.3 Å². The van der Waals surface area contributed by atoms with Gasteiger partial charge in [-0.1, -0.05) is 25.7 Å². The quantitative estimate of drug-likeness (QED) is 0.0165. The lowest BCUT2D eigenvalue weighted by Gasteiger charge is -2.08. The van der Waals surface area contributed by atoms with Crippen molar-refractivity contribution in [3.63, 3.8) is 0 Å². The molecule has 0 aromatic heterocycles. The number of rotatable bonds is 20. The third kappa shape index (κ3) is 46.2. The Morgan fingerprint density at radius 2 is 0.980 bits per heavy atom. The number of carboxylic acids is 3. The SMILES string of the molecule is CC(N)CCNCCCCNC(=O)CC(=O)NCCCCCCCCN=CNN.O=C(O)C(F)(F)F.O=C(O)C(F)(F)F.O=C(O)C(F)(F)F. The Kier molecular flexibility index (Phi) is 32.9. The third-order valence-corrected chi connectivity index (χ3v) is 5.13. The minimum absolute atomic E-state index is 0.0924. The van der Waals surface area contributed by atoms with Gasteiger partial charge in [0.25, 0.3) is 0 Å². The summed E-state index contributed by atoms with van der Waals surface area (Å²) >= 11 is 0. The fraction of sp³-hybridized carbons (Fsp3) is 0.769. The average molecular weight is 756 g/mol. The first-order chi connectivity index (χ1) is 22.9. The van der Waals surface area contributed by atoms with Crippen LogP contribution in [0.4, 0.5) is 39.5 Å². The van der Waals surface area contributed by atoms with Crippen molar-refractivity contribution in [2.24, 2.45) is 16.6 Å². The number of alkyl halides is 9. The van der Waals surface area contributed by atoms with Crippen LogP contribution in [0.2, 0.25) is 0 Å². The van der Waals surface area contributed by atoms with E-state index in [1.54, 1.807) is 0 Å². The summed E-state index contributed by atoms with van der Waals surface area (Å²) in [6.07, 6.45) is -4.42. The zero-order valence-electron chi connectivity index (χ0n) is 27.1. The van der Waals surface area contributed by atoms with Gasteiger partial charge in [0.1, 0.15) is 6.42 Å². The molecule has 0 saturated heterocycles. The molecule has 0 fully saturated rings. The van der Waals surface area contributed by atoms with Gasteiger partial charge in [-0.2, -0.15) is 39.5 Å². The van der Waals surface area contributed by atoms with E-state index in [9.17, 15) is 49.1 Å². The number of carbonyl (C=O) groups is 5. The fourth-order valence-corrected chi connectivity index (χ4v) is 2.71. The molecule has 0 aliphatic heterocycles. The van der Waals surface area contributed by atoms with E-state index < -0.39 is 36.4 Å². The highest BCUT2D eigenvalue weighted by molar-refractivity contribution is 5.96. The fourth-order valence-electron chi connectivity index (χ4n) is 2.71. The molecule has 0 saturated carbocycles. The Morgan fingerprint density at radius 3 is 1.34 bits per heavy atom. The lowest BCUT2D eigenvalue weighted by atomic mass is 10.1. The molecule has 0 aromatic carbocycles. The van der Waals surface area contributed by atoms with E-state index in [0.717, 1.165) is 71.0 Å². The molecule has 50 heavy (non-hydrogen) atoms. The van der Waals surface area contributed by atoms with Crippen molar-refractivity contribution < 1.29 is 78.8 Å². The number of nitrogens with two attached hydrogens (primary N) is 2. The normalized spacial score (nSPS) is 11.8. The summed E-state index contributed by atoms with van der Waals surface area (Å²) < 4.78 is 95.2. The molecule has 0 spiro atoms. The predicted molar refractivity (Wildman–Crippen MR) is 160 cm³/mol. The van der Waals surface area contributed by atoms with Crippen LogP contribution in [-0.4, -0.2) is 109 Å². The number of nitrogens with zero attached hydrogens (tertiary/aromatic N) is 1. The largest absolute Gasteiger partial charge is 0.490 e. The number of amides is 2. The van der Waals surface area contributed by atoms with Gasteiger partial charge in [0.15, 0.2) is 0 Å². The zero-order chi connectivity index (χ0) is 39.8. The van der Waals surface area contributed by atoms with Crippen LogP contribution < -0.4 is 33.0 Å². The molecule has 0 heterocycles. The summed E-state index contributed by atoms with van der Waals surface area (Å²) in [4.78, 5) is 54.3. The maximum atomic E-state index is 11.8. The summed E-state index contributed by atoms with van der Waals surface area (Å²) in [7, 11) is 0. The molecule has 0 radical (unpaired) electrons. The van der Waals surface area contributed by atoms with Crippen LogP contribution in [0.3, 0.4) is 0 Å². The molecule has 0 aliphatic carbocycles. The van der Waals surface area contributed by atoms with Crippen LogP contribution in [0, 0.1) is 0 Å². The molecule has 0 rings (SSSR count). The van der Waals surface area contributed by atoms with Gasteiger partial charge in [-0.3, -0.25) is 14.6 Å². The van der Waals surface area contributed by atoms with Gasteiger partial charge in [0.05, 0.1) is 6.34 Å². The van der Waals surface area contributed by atoms with Crippen LogP contribution in [0.1, 0.15) is 71.1 Å². The number of halogens is 9.